The van der Waals surface area contributed by atoms with Crippen molar-refractivity contribution in [3.63, 3.8) is 0 Å². The molecule has 1 saturated heterocycles. The number of alkyl carbamates (subject to hydrolysis) is 1. The number of anilines is 1. The van der Waals surface area contributed by atoms with Gasteiger partial charge in [-0.1, -0.05) is 24.3 Å². The van der Waals surface area contributed by atoms with Crippen molar-refractivity contribution in [1.29, 1.82) is 0 Å². The average molecular weight is 410 g/mol. The molecule has 0 atom stereocenters. The monoisotopic (exact) mass is 410 g/mol. The predicted molar refractivity (Wildman–Crippen MR) is 115 cm³/mol. The number of para-hydroxylation sites is 2. The van der Waals surface area contributed by atoms with Crippen LogP contribution in [0.4, 0.5) is 15.1 Å². The van der Waals surface area contributed by atoms with Crippen molar-refractivity contribution in [2.45, 2.75) is 26.3 Å². The van der Waals surface area contributed by atoms with Gasteiger partial charge < -0.3 is 19.5 Å². The molecule has 1 aromatic heterocycles. The third-order valence-corrected chi connectivity index (χ3v) is 5.60. The Labute approximate surface area is 175 Å². The van der Waals surface area contributed by atoms with Crippen molar-refractivity contribution in [1.82, 2.24) is 14.9 Å². The summed E-state index contributed by atoms with van der Waals surface area (Å²) in [6.07, 6.45) is 1.61. The van der Waals surface area contributed by atoms with Gasteiger partial charge in [-0.25, -0.2) is 14.2 Å². The smallest absolute Gasteiger partial charge is 0.407 e. The zero-order valence-corrected chi connectivity index (χ0v) is 17.2. The molecule has 30 heavy (non-hydrogen) atoms. The largest absolute Gasteiger partial charge is 0.450 e. The molecule has 0 bridgehead atoms. The molecule has 2 aromatic carbocycles. The van der Waals surface area contributed by atoms with Crippen molar-refractivity contribution < 1.29 is 13.9 Å². The number of nitrogens with zero attached hydrogens (tertiary/aromatic N) is 3. The molecule has 1 N–H and O–H groups in total. The maximum atomic E-state index is 13.3. The van der Waals surface area contributed by atoms with Crippen LogP contribution in [0.5, 0.6) is 0 Å². The van der Waals surface area contributed by atoms with Gasteiger partial charge in [-0.2, -0.15) is 0 Å². The van der Waals surface area contributed by atoms with Crippen LogP contribution in [0.25, 0.3) is 11.0 Å². The molecule has 1 amide bonds. The average Bonchev–Trinajstić information content (AvgIpc) is 3.13. The van der Waals surface area contributed by atoms with Crippen LogP contribution in [0, 0.1) is 11.7 Å². The third kappa shape index (κ3) is 4.56. The topological polar surface area (TPSA) is 59.4 Å². The highest BCUT2D eigenvalue weighted by atomic mass is 19.1. The zero-order chi connectivity index (χ0) is 20.9. The highest BCUT2D eigenvalue weighted by Gasteiger charge is 2.24. The number of benzene rings is 2. The van der Waals surface area contributed by atoms with E-state index in [2.05, 4.69) is 20.9 Å². The van der Waals surface area contributed by atoms with Gasteiger partial charge in [0, 0.05) is 19.6 Å². The van der Waals surface area contributed by atoms with Gasteiger partial charge in [0.05, 0.1) is 24.2 Å². The number of halogens is 1. The number of amides is 1. The number of aromatic nitrogens is 2. The van der Waals surface area contributed by atoms with Gasteiger partial charge in [0.25, 0.3) is 0 Å². The summed E-state index contributed by atoms with van der Waals surface area (Å²) in [4.78, 5) is 18.7. The van der Waals surface area contributed by atoms with Gasteiger partial charge in [-0.15, -0.1) is 0 Å². The van der Waals surface area contributed by atoms with E-state index < -0.39 is 0 Å². The molecular formula is C23H27FN4O2. The highest BCUT2D eigenvalue weighted by Crippen LogP contribution is 2.27. The zero-order valence-electron chi connectivity index (χ0n) is 17.2. The maximum Gasteiger partial charge on any atom is 0.407 e. The second-order valence-electron chi connectivity index (χ2n) is 7.64. The summed E-state index contributed by atoms with van der Waals surface area (Å²) >= 11 is 0. The standard InChI is InChI=1S/C23H27FN4O2/c1-2-30-23(29)25-15-17-11-13-27(14-12-17)22-26-20-5-3-4-6-21(20)28(22)16-18-7-9-19(24)10-8-18/h3-10,17H,2,11-16H2,1H3,(H,25,29). The van der Waals surface area contributed by atoms with E-state index in [0.717, 1.165) is 48.5 Å². The molecule has 3 aromatic rings. The lowest BCUT2D eigenvalue weighted by Gasteiger charge is -2.33. The van der Waals surface area contributed by atoms with Crippen molar-refractivity contribution in [3.8, 4) is 0 Å². The van der Waals surface area contributed by atoms with Gasteiger partial charge in [0.2, 0.25) is 5.95 Å². The lowest BCUT2D eigenvalue weighted by atomic mass is 9.97. The Morgan fingerprint density at radius 2 is 1.90 bits per heavy atom. The van der Waals surface area contributed by atoms with Crippen LogP contribution >= 0.6 is 0 Å². The first kappa shape index (κ1) is 20.2. The van der Waals surface area contributed by atoms with E-state index in [4.69, 9.17) is 9.72 Å². The normalized spacial score (nSPS) is 14.8. The van der Waals surface area contributed by atoms with E-state index in [0.29, 0.717) is 25.6 Å². The van der Waals surface area contributed by atoms with Crippen LogP contribution in [-0.4, -0.2) is 41.9 Å². The Hall–Kier alpha value is -3.09. The fourth-order valence-corrected chi connectivity index (χ4v) is 3.98. The Bertz CT molecular complexity index is 994. The predicted octanol–water partition coefficient (Wildman–Crippen LogP) is 4.19. The molecule has 6 nitrogen and oxygen atoms in total. The van der Waals surface area contributed by atoms with Crippen LogP contribution in [0.3, 0.4) is 0 Å². The number of hydrogen-bond donors (Lipinski definition) is 1. The highest BCUT2D eigenvalue weighted by molar-refractivity contribution is 5.79. The summed E-state index contributed by atoms with van der Waals surface area (Å²) < 4.78 is 20.5. The van der Waals surface area contributed by atoms with E-state index >= 15 is 0 Å². The van der Waals surface area contributed by atoms with Crippen molar-refractivity contribution >= 4 is 23.1 Å². The van der Waals surface area contributed by atoms with Crippen LogP contribution in [-0.2, 0) is 11.3 Å². The Kier molecular flexibility index (Phi) is 6.16. The summed E-state index contributed by atoms with van der Waals surface area (Å²) in [6, 6.07) is 14.7. The molecule has 0 saturated carbocycles. The first-order valence-corrected chi connectivity index (χ1v) is 10.5. The quantitative estimate of drug-likeness (QED) is 0.662. The van der Waals surface area contributed by atoms with Gasteiger partial charge >= 0.3 is 6.09 Å². The molecule has 0 aliphatic carbocycles. The lowest BCUT2D eigenvalue weighted by Crippen LogP contribution is -2.39. The Balaban J connectivity index is 1.49. The summed E-state index contributed by atoms with van der Waals surface area (Å²) in [5.41, 5.74) is 3.07. The minimum atomic E-state index is -0.346. The van der Waals surface area contributed by atoms with E-state index in [1.807, 2.05) is 30.3 Å². The lowest BCUT2D eigenvalue weighted by molar-refractivity contribution is 0.149. The number of fused-ring (bicyclic) bond motifs is 1. The van der Waals surface area contributed by atoms with Gasteiger partial charge in [0.15, 0.2) is 0 Å². The minimum Gasteiger partial charge on any atom is -0.450 e. The number of carbonyl (C=O) groups is 1. The molecular weight excluding hydrogens is 383 g/mol. The van der Waals surface area contributed by atoms with Crippen LogP contribution in [0.2, 0.25) is 0 Å². The fourth-order valence-electron chi connectivity index (χ4n) is 3.98. The first-order valence-electron chi connectivity index (χ1n) is 10.5. The van der Waals surface area contributed by atoms with Crippen molar-refractivity contribution in [3.05, 3.63) is 59.9 Å². The number of carbonyl (C=O) groups excluding carboxylic acids is 1. The molecule has 158 valence electrons. The SMILES string of the molecule is CCOC(=O)NCC1CCN(c2nc3ccccc3n2Cc2ccc(F)cc2)CC1. The summed E-state index contributed by atoms with van der Waals surface area (Å²) in [5, 5.41) is 2.85. The molecule has 4 rings (SSSR count). The van der Waals surface area contributed by atoms with Gasteiger partial charge in [0.1, 0.15) is 5.82 Å². The number of hydrogen-bond acceptors (Lipinski definition) is 4. The molecule has 0 radical (unpaired) electrons. The minimum absolute atomic E-state index is 0.229. The van der Waals surface area contributed by atoms with Crippen LogP contribution in [0.15, 0.2) is 48.5 Å². The summed E-state index contributed by atoms with van der Waals surface area (Å²) in [5.74, 6) is 1.14. The molecule has 0 spiro atoms. The molecule has 7 heteroatoms. The number of imidazole rings is 1. The number of nitrogens with one attached hydrogen (secondary N) is 1. The third-order valence-electron chi connectivity index (χ3n) is 5.60. The summed E-state index contributed by atoms with van der Waals surface area (Å²) in [7, 11) is 0. The van der Waals surface area contributed by atoms with Crippen molar-refractivity contribution in [2.24, 2.45) is 5.92 Å². The van der Waals surface area contributed by atoms with E-state index in [-0.39, 0.29) is 11.9 Å². The van der Waals surface area contributed by atoms with E-state index in [1.54, 1.807) is 6.92 Å². The first-order chi connectivity index (χ1) is 14.6. The second kappa shape index (κ2) is 9.15. The second-order valence-corrected chi connectivity index (χ2v) is 7.64. The maximum absolute atomic E-state index is 13.3. The van der Waals surface area contributed by atoms with E-state index in [1.165, 1.54) is 12.1 Å². The van der Waals surface area contributed by atoms with Crippen LogP contribution < -0.4 is 10.2 Å². The molecule has 1 aliphatic rings. The van der Waals surface area contributed by atoms with Crippen molar-refractivity contribution in [2.75, 3.05) is 31.1 Å². The number of piperidine rings is 1. The molecule has 1 fully saturated rings. The van der Waals surface area contributed by atoms with Gasteiger partial charge in [-0.05, 0) is 55.5 Å². The summed E-state index contributed by atoms with van der Waals surface area (Å²) in [6.45, 7) is 5.22. The Morgan fingerprint density at radius 3 is 2.63 bits per heavy atom. The van der Waals surface area contributed by atoms with Gasteiger partial charge in [-0.3, -0.25) is 0 Å². The molecule has 2 heterocycles. The Morgan fingerprint density at radius 1 is 1.17 bits per heavy atom. The van der Waals surface area contributed by atoms with Crippen LogP contribution in [0.1, 0.15) is 25.3 Å². The number of rotatable bonds is 6. The number of ether oxygens (including phenoxy) is 1. The van der Waals surface area contributed by atoms with E-state index in [9.17, 15) is 9.18 Å². The molecule has 1 aliphatic heterocycles. The fraction of sp³-hybridized carbons (Fsp3) is 0.391. The molecule has 0 unspecified atom stereocenters.